The van der Waals surface area contributed by atoms with Crippen LogP contribution in [0.3, 0.4) is 0 Å². The van der Waals surface area contributed by atoms with E-state index >= 15 is 0 Å². The van der Waals surface area contributed by atoms with Crippen molar-refractivity contribution in [3.8, 4) is 6.07 Å². The predicted octanol–water partition coefficient (Wildman–Crippen LogP) is -0.788. The summed E-state index contributed by atoms with van der Waals surface area (Å²) in [7, 11) is 0. The number of esters is 11. The largest absolute Gasteiger partial charge is 0.463 e. The molecule has 76 heavy (non-hydrogen) atoms. The SMILES string of the molecule is CC(=O)OC[C@H]1O[C@@H](O[C@H]2[C@H](OC(C)=O)[C@@H]([C@@H]3C=C[C@H](O[C@@H]4O[C@H](COC(C)=O)C(OC(C)=O)[C@H](OC(C)=O)[C@H]4OC(C)=O)[C@@H](COC(C)=O)O3)[C@H](C#N)O[C@@H]2COC(C)=O)[C@H](OC(C)=O)[C@@H](OC(C)=O)C1OC(C)=O. The van der Waals surface area contributed by atoms with Gasteiger partial charge in [0.1, 0.15) is 69.2 Å². The van der Waals surface area contributed by atoms with Crippen LogP contribution in [0.1, 0.15) is 76.2 Å². The van der Waals surface area contributed by atoms with Gasteiger partial charge in [0.05, 0.1) is 18.1 Å². The molecule has 4 rings (SSSR count). The van der Waals surface area contributed by atoms with Gasteiger partial charge in [-0.3, -0.25) is 52.7 Å². The summed E-state index contributed by atoms with van der Waals surface area (Å²) < 4.78 is 97.7. The molecule has 0 aromatic rings. The van der Waals surface area contributed by atoms with E-state index in [4.69, 9.17) is 80.5 Å². The summed E-state index contributed by atoms with van der Waals surface area (Å²) in [5.41, 5.74) is 0. The number of rotatable bonds is 20. The van der Waals surface area contributed by atoms with Gasteiger partial charge in [-0.25, -0.2) is 0 Å². The van der Waals surface area contributed by atoms with Crippen molar-refractivity contribution in [2.75, 3.05) is 26.4 Å². The summed E-state index contributed by atoms with van der Waals surface area (Å²) in [5.74, 6) is -11.5. The van der Waals surface area contributed by atoms with Crippen LogP contribution in [0.25, 0.3) is 0 Å². The molecule has 0 saturated carbocycles. The quantitative estimate of drug-likeness (QED) is 0.0819. The maximum absolute atomic E-state index is 13.2. The van der Waals surface area contributed by atoms with E-state index in [0.717, 1.165) is 76.2 Å². The predicted molar refractivity (Wildman–Crippen MR) is 238 cm³/mol. The van der Waals surface area contributed by atoms with Crippen molar-refractivity contribution in [1.29, 1.82) is 5.26 Å². The van der Waals surface area contributed by atoms with Gasteiger partial charge in [0.2, 0.25) is 0 Å². The van der Waals surface area contributed by atoms with Crippen LogP contribution in [0.15, 0.2) is 12.2 Å². The second kappa shape index (κ2) is 28.3. The molecule has 3 fully saturated rings. The average Bonchev–Trinajstić information content (AvgIpc) is 3.29. The highest BCUT2D eigenvalue weighted by molar-refractivity contribution is 5.70. The molecule has 4 heterocycles. The Morgan fingerprint density at radius 1 is 0.368 bits per heavy atom. The molecule has 0 bridgehead atoms. The second-order valence-corrected chi connectivity index (χ2v) is 17.3. The van der Waals surface area contributed by atoms with Crippen molar-refractivity contribution >= 4 is 65.7 Å². The average molecular weight is 1090 g/mol. The van der Waals surface area contributed by atoms with Crippen LogP contribution in [0.2, 0.25) is 0 Å². The highest BCUT2D eigenvalue weighted by Gasteiger charge is 2.59. The van der Waals surface area contributed by atoms with Gasteiger partial charge in [0, 0.05) is 76.2 Å². The number of nitrogens with zero attached hydrogens (tertiary/aromatic N) is 1. The summed E-state index contributed by atoms with van der Waals surface area (Å²) in [5, 5.41) is 10.7. The summed E-state index contributed by atoms with van der Waals surface area (Å²) in [6, 6.07) is 1.97. The molecule has 0 aliphatic carbocycles. The zero-order chi connectivity index (χ0) is 56.7. The Morgan fingerprint density at radius 3 is 1.07 bits per heavy atom. The van der Waals surface area contributed by atoms with Crippen molar-refractivity contribution in [3.63, 3.8) is 0 Å². The second-order valence-electron chi connectivity index (χ2n) is 17.3. The first-order valence-electron chi connectivity index (χ1n) is 23.4. The molecular formula is C47H61NO28. The van der Waals surface area contributed by atoms with E-state index in [9.17, 15) is 58.0 Å². The molecular weight excluding hydrogens is 1030 g/mol. The Morgan fingerprint density at radius 2 is 0.697 bits per heavy atom. The van der Waals surface area contributed by atoms with E-state index in [2.05, 4.69) is 0 Å². The van der Waals surface area contributed by atoms with Crippen molar-refractivity contribution in [3.05, 3.63) is 12.2 Å². The Kier molecular flexibility index (Phi) is 23.0. The topological polar surface area (TPSA) is 368 Å². The van der Waals surface area contributed by atoms with Crippen LogP contribution < -0.4 is 0 Å². The third-order valence-corrected chi connectivity index (χ3v) is 11.1. The van der Waals surface area contributed by atoms with Gasteiger partial charge in [-0.05, 0) is 0 Å². The van der Waals surface area contributed by atoms with Crippen LogP contribution in [-0.4, -0.2) is 196 Å². The molecule has 422 valence electrons. The first-order valence-corrected chi connectivity index (χ1v) is 23.4. The molecule has 0 amide bonds. The number of carbonyl (C=O) groups is 11. The molecule has 4 aliphatic heterocycles. The molecule has 0 spiro atoms. The third-order valence-electron chi connectivity index (χ3n) is 11.1. The molecule has 0 aromatic carbocycles. The fraction of sp³-hybridized carbons (Fsp3) is 0.702. The number of nitriles is 1. The van der Waals surface area contributed by atoms with E-state index in [1.54, 1.807) is 0 Å². The highest BCUT2D eigenvalue weighted by Crippen LogP contribution is 2.40. The fourth-order valence-corrected chi connectivity index (χ4v) is 8.53. The fourth-order valence-electron chi connectivity index (χ4n) is 8.53. The lowest BCUT2D eigenvalue weighted by Crippen LogP contribution is -2.67. The molecule has 18 atom stereocenters. The molecule has 3 saturated heterocycles. The van der Waals surface area contributed by atoms with Crippen LogP contribution >= 0.6 is 0 Å². The van der Waals surface area contributed by atoms with Gasteiger partial charge in [-0.2, -0.15) is 5.26 Å². The highest BCUT2D eigenvalue weighted by atomic mass is 16.8. The van der Waals surface area contributed by atoms with Crippen LogP contribution in [0.5, 0.6) is 0 Å². The van der Waals surface area contributed by atoms with Gasteiger partial charge < -0.3 is 80.5 Å². The van der Waals surface area contributed by atoms with Gasteiger partial charge in [-0.1, -0.05) is 12.2 Å². The van der Waals surface area contributed by atoms with Gasteiger partial charge in [-0.15, -0.1) is 0 Å². The smallest absolute Gasteiger partial charge is 0.303 e. The standard InChI is InChI=1S/C47H61NO28/c1-19(49)60-15-33-30(73-46-44(69-28(10)58)42(67-26(8)56)39(64-23(5)53)35(74-46)17-62-21(3)51)12-13-31(71-33)37-32(14-48)72-34(16-61-20(2)50)38(41(37)66-25(7)55)76-47-45(70-29(11)59)43(68-27(9)57)40(65-24(6)54)36(75-47)18-63-22(4)52/h12-13,30-47H,15-18H2,1-11H3/t30-,31-,32-,33+,34+,35+,36+,37-,38+,39?,40?,41+,42-,43-,44+,45+,46+,47-/m0/s1. The first kappa shape index (κ1) is 61.7. The van der Waals surface area contributed by atoms with E-state index < -0.39 is 202 Å². The number of ether oxygens (including phenoxy) is 17. The van der Waals surface area contributed by atoms with Crippen molar-refractivity contribution in [1.82, 2.24) is 0 Å². The molecule has 29 nitrogen and oxygen atoms in total. The molecule has 2 unspecified atom stereocenters. The number of hydrogen-bond acceptors (Lipinski definition) is 29. The normalized spacial score (nSPS) is 32.8. The Labute approximate surface area is 434 Å². The number of hydrogen-bond donors (Lipinski definition) is 0. The lowest BCUT2D eigenvalue weighted by atomic mass is 9.81. The monoisotopic (exact) mass is 1090 g/mol. The summed E-state index contributed by atoms with van der Waals surface area (Å²) >= 11 is 0. The Balaban J connectivity index is 1.88. The van der Waals surface area contributed by atoms with E-state index in [-0.39, 0.29) is 0 Å². The van der Waals surface area contributed by atoms with Gasteiger partial charge in [0.15, 0.2) is 55.3 Å². The van der Waals surface area contributed by atoms with Gasteiger partial charge in [0.25, 0.3) is 0 Å². The minimum atomic E-state index is -1.95. The Bertz CT molecular complexity index is 2230. The zero-order valence-corrected chi connectivity index (χ0v) is 43.3. The van der Waals surface area contributed by atoms with Crippen LogP contribution in [0, 0.1) is 17.2 Å². The van der Waals surface area contributed by atoms with Crippen molar-refractivity contribution in [2.45, 2.75) is 180 Å². The molecule has 4 aliphatic rings. The van der Waals surface area contributed by atoms with Crippen LogP contribution in [0.4, 0.5) is 0 Å². The lowest BCUT2D eigenvalue weighted by molar-refractivity contribution is -0.343. The van der Waals surface area contributed by atoms with E-state index in [0.29, 0.717) is 0 Å². The minimum absolute atomic E-state index is 0.609. The molecule has 0 radical (unpaired) electrons. The van der Waals surface area contributed by atoms with Crippen molar-refractivity contribution < 1.29 is 133 Å². The summed E-state index contributed by atoms with van der Waals surface area (Å²) in [6.07, 6.45) is -25.2. The molecule has 0 N–H and O–H groups in total. The minimum Gasteiger partial charge on any atom is -0.463 e. The van der Waals surface area contributed by atoms with E-state index in [1.807, 2.05) is 6.07 Å². The summed E-state index contributed by atoms with van der Waals surface area (Å²) in [6.45, 7) is 8.66. The Hall–Kier alpha value is -6.84. The van der Waals surface area contributed by atoms with Gasteiger partial charge >= 0.3 is 65.7 Å². The van der Waals surface area contributed by atoms with Crippen molar-refractivity contribution in [2.24, 2.45) is 5.92 Å². The molecule has 29 heteroatoms. The lowest BCUT2D eigenvalue weighted by Gasteiger charge is -2.50. The summed E-state index contributed by atoms with van der Waals surface area (Å²) in [4.78, 5) is 137. The maximum atomic E-state index is 13.2. The maximum Gasteiger partial charge on any atom is 0.303 e. The zero-order valence-electron chi connectivity index (χ0n) is 43.3. The first-order chi connectivity index (χ1) is 35.7. The number of carbonyl (C=O) groups excluding carboxylic acids is 11. The molecule has 0 aromatic heterocycles. The third kappa shape index (κ3) is 17.9. The van der Waals surface area contributed by atoms with E-state index in [1.165, 1.54) is 12.2 Å². The van der Waals surface area contributed by atoms with Crippen LogP contribution in [-0.2, 0) is 133 Å².